The van der Waals surface area contributed by atoms with E-state index >= 15 is 0 Å². The van der Waals surface area contributed by atoms with Crippen LogP contribution in [0.3, 0.4) is 0 Å². The first kappa shape index (κ1) is 21.7. The number of nitrogens with zero attached hydrogens (tertiary/aromatic N) is 2. The Morgan fingerprint density at radius 2 is 1.03 bits per heavy atom. The summed E-state index contributed by atoms with van der Waals surface area (Å²) in [6.07, 6.45) is 0. The summed E-state index contributed by atoms with van der Waals surface area (Å²) >= 11 is 0. The predicted molar refractivity (Wildman–Crippen MR) is 108 cm³/mol. The minimum Gasteiger partial charge on any atom is -0.377 e. The second-order valence-corrected chi connectivity index (χ2v) is 7.12. The second kappa shape index (κ2) is 8.93. The van der Waals surface area contributed by atoms with Crippen LogP contribution in [0.1, 0.15) is 20.7 Å². The highest BCUT2D eigenvalue weighted by Crippen LogP contribution is 2.30. The monoisotopic (exact) mass is 444 g/mol. The van der Waals surface area contributed by atoms with Gasteiger partial charge >= 0.3 is 0 Å². The molecule has 0 bridgehead atoms. The summed E-state index contributed by atoms with van der Waals surface area (Å²) in [4.78, 5) is 50.5. The molecule has 2 amide bonds. The third-order valence-electron chi connectivity index (χ3n) is 5.16. The van der Waals surface area contributed by atoms with Gasteiger partial charge in [0.2, 0.25) is 0 Å². The van der Waals surface area contributed by atoms with Crippen molar-refractivity contribution in [2.24, 2.45) is 0 Å². The Morgan fingerprint density at radius 1 is 0.625 bits per heavy atom. The van der Waals surface area contributed by atoms with Crippen LogP contribution in [0, 0.1) is 11.6 Å². The van der Waals surface area contributed by atoms with Gasteiger partial charge < -0.3 is 19.3 Å². The number of amides is 2. The van der Waals surface area contributed by atoms with E-state index in [2.05, 4.69) is 0 Å². The molecule has 2 heterocycles. The van der Waals surface area contributed by atoms with E-state index < -0.39 is 35.0 Å². The summed E-state index contributed by atoms with van der Waals surface area (Å²) < 4.78 is 37.4. The number of Topliss-reactive ketones (excluding diaryl/α,β-unsaturated/α-hetero) is 2. The number of ketones is 2. The first-order valence-corrected chi connectivity index (χ1v) is 9.85. The molecule has 0 saturated heterocycles. The second-order valence-electron chi connectivity index (χ2n) is 7.12. The fourth-order valence-electron chi connectivity index (χ4n) is 3.62. The highest BCUT2D eigenvalue weighted by Gasteiger charge is 2.36. The van der Waals surface area contributed by atoms with Crippen molar-refractivity contribution in [1.29, 1.82) is 0 Å². The Labute approximate surface area is 181 Å². The maximum Gasteiger partial charge on any atom is 0.299 e. The number of ether oxygens (including phenoxy) is 2. The normalized spacial score (nSPS) is 15.1. The quantitative estimate of drug-likeness (QED) is 0.432. The van der Waals surface area contributed by atoms with E-state index in [-0.39, 0.29) is 50.6 Å². The van der Waals surface area contributed by atoms with Gasteiger partial charge in [0.25, 0.3) is 23.4 Å². The fourth-order valence-corrected chi connectivity index (χ4v) is 3.62. The maximum atomic E-state index is 13.3. The smallest absolute Gasteiger partial charge is 0.299 e. The van der Waals surface area contributed by atoms with E-state index in [1.54, 1.807) is 0 Å². The lowest BCUT2D eigenvalue weighted by molar-refractivity contribution is -0.115. The van der Waals surface area contributed by atoms with Gasteiger partial charge in [-0.2, -0.15) is 0 Å². The molecule has 2 aromatic carbocycles. The number of rotatable bonds is 9. The highest BCUT2D eigenvalue weighted by molar-refractivity contribution is 6.52. The van der Waals surface area contributed by atoms with Gasteiger partial charge in [-0.3, -0.25) is 19.2 Å². The molecule has 0 fully saturated rings. The van der Waals surface area contributed by atoms with Crippen molar-refractivity contribution in [3.63, 3.8) is 0 Å². The maximum absolute atomic E-state index is 13.3. The number of hydrogen-bond acceptors (Lipinski definition) is 6. The first-order chi connectivity index (χ1) is 15.4. The van der Waals surface area contributed by atoms with Gasteiger partial charge in [0, 0.05) is 13.1 Å². The summed E-state index contributed by atoms with van der Waals surface area (Å²) in [5, 5.41) is 0. The fraction of sp³-hybridized carbons (Fsp3) is 0.273. The van der Waals surface area contributed by atoms with Crippen molar-refractivity contribution in [2.75, 3.05) is 49.3 Å². The van der Waals surface area contributed by atoms with E-state index in [4.69, 9.17) is 9.47 Å². The molecule has 2 aliphatic heterocycles. The van der Waals surface area contributed by atoms with Crippen molar-refractivity contribution in [2.45, 2.75) is 0 Å². The van der Waals surface area contributed by atoms with Crippen LogP contribution < -0.4 is 9.80 Å². The van der Waals surface area contributed by atoms with Crippen LogP contribution in [0.25, 0.3) is 0 Å². The molecule has 0 spiro atoms. The molecule has 0 aliphatic carbocycles. The molecule has 166 valence electrons. The summed E-state index contributed by atoms with van der Waals surface area (Å²) in [5.74, 6) is -4.12. The Balaban J connectivity index is 1.17. The zero-order valence-corrected chi connectivity index (χ0v) is 16.8. The average Bonchev–Trinajstić information content (AvgIpc) is 3.15. The van der Waals surface area contributed by atoms with Crippen molar-refractivity contribution < 1.29 is 37.4 Å². The van der Waals surface area contributed by atoms with Gasteiger partial charge in [-0.15, -0.1) is 0 Å². The van der Waals surface area contributed by atoms with Gasteiger partial charge in [0.05, 0.1) is 48.9 Å². The molecule has 4 rings (SSSR count). The molecule has 0 radical (unpaired) electrons. The molecular weight excluding hydrogens is 426 g/mol. The highest BCUT2D eigenvalue weighted by atomic mass is 19.1. The van der Waals surface area contributed by atoms with Crippen molar-refractivity contribution >= 4 is 34.8 Å². The molecule has 0 unspecified atom stereocenters. The van der Waals surface area contributed by atoms with Crippen LogP contribution in [-0.4, -0.2) is 62.9 Å². The lowest BCUT2D eigenvalue weighted by Gasteiger charge is -2.17. The molecular formula is C22H18F2N2O6. The number of hydrogen-bond donors (Lipinski definition) is 0. The molecule has 8 nitrogen and oxygen atoms in total. The van der Waals surface area contributed by atoms with E-state index in [0.29, 0.717) is 11.4 Å². The molecule has 2 aliphatic rings. The van der Waals surface area contributed by atoms with Crippen LogP contribution in [-0.2, 0) is 19.1 Å². The number of benzene rings is 2. The predicted octanol–water partition coefficient (Wildman–Crippen LogP) is 1.76. The number of carbonyl (C=O) groups is 4. The van der Waals surface area contributed by atoms with E-state index in [9.17, 15) is 28.0 Å². The topological polar surface area (TPSA) is 93.2 Å². The average molecular weight is 444 g/mol. The number of fused-ring (bicyclic) bond motifs is 2. The van der Waals surface area contributed by atoms with Crippen molar-refractivity contribution in [3.05, 3.63) is 59.2 Å². The molecule has 32 heavy (non-hydrogen) atoms. The third kappa shape index (κ3) is 4.02. The Morgan fingerprint density at radius 3 is 1.44 bits per heavy atom. The van der Waals surface area contributed by atoms with Gasteiger partial charge in [-0.25, -0.2) is 8.78 Å². The van der Waals surface area contributed by atoms with Crippen LogP contribution >= 0.6 is 0 Å². The molecule has 0 saturated carbocycles. The van der Waals surface area contributed by atoms with Crippen LogP contribution in [0.5, 0.6) is 0 Å². The largest absolute Gasteiger partial charge is 0.377 e. The molecule has 0 N–H and O–H groups in total. The summed E-state index contributed by atoms with van der Waals surface area (Å²) in [5.41, 5.74) is 0.785. The third-order valence-corrected chi connectivity index (χ3v) is 5.16. The van der Waals surface area contributed by atoms with Crippen LogP contribution in [0.15, 0.2) is 36.4 Å². The van der Waals surface area contributed by atoms with Crippen molar-refractivity contribution in [1.82, 2.24) is 0 Å². The number of carbonyl (C=O) groups excluding carboxylic acids is 4. The van der Waals surface area contributed by atoms with Gasteiger partial charge in [-0.05, 0) is 36.4 Å². The minimum absolute atomic E-state index is 0.0394. The van der Waals surface area contributed by atoms with E-state index in [1.165, 1.54) is 34.1 Å². The number of anilines is 2. The van der Waals surface area contributed by atoms with Gasteiger partial charge in [0.15, 0.2) is 0 Å². The Kier molecular flexibility index (Phi) is 6.06. The summed E-state index contributed by atoms with van der Waals surface area (Å²) in [7, 11) is 0. The Bertz CT molecular complexity index is 1030. The van der Waals surface area contributed by atoms with Crippen LogP contribution in [0.2, 0.25) is 0 Å². The zero-order valence-electron chi connectivity index (χ0n) is 16.8. The van der Waals surface area contributed by atoms with Gasteiger partial charge in [-0.1, -0.05) is 0 Å². The zero-order chi connectivity index (χ0) is 22.8. The molecule has 2 aromatic rings. The van der Waals surface area contributed by atoms with Gasteiger partial charge in [0.1, 0.15) is 11.6 Å². The summed E-state index contributed by atoms with van der Waals surface area (Å²) in [6.45, 7) is 0.915. The molecule has 0 aromatic heterocycles. The van der Waals surface area contributed by atoms with Crippen LogP contribution in [0.4, 0.5) is 20.2 Å². The lowest BCUT2D eigenvalue weighted by Crippen LogP contribution is -2.33. The minimum atomic E-state index is -0.748. The van der Waals surface area contributed by atoms with E-state index in [0.717, 1.165) is 12.1 Å². The summed E-state index contributed by atoms with van der Waals surface area (Å²) in [6, 6.07) is 7.20. The standard InChI is InChI=1S/C22H18F2N2O6/c23-13-1-3-17-15(11-13)19(27)21(29)25(17)5-7-31-9-10-32-8-6-26-18-4-2-14(24)12-16(18)20(28)22(26)30/h1-4,11-12H,5-10H2. The van der Waals surface area contributed by atoms with Crippen molar-refractivity contribution in [3.8, 4) is 0 Å². The first-order valence-electron chi connectivity index (χ1n) is 9.85. The Hall–Kier alpha value is -3.50. The van der Waals surface area contributed by atoms with E-state index in [1.807, 2.05) is 0 Å². The number of halogens is 2. The lowest BCUT2D eigenvalue weighted by atomic mass is 10.1. The SMILES string of the molecule is O=C1C(=O)N(CCOCCOCCN2C(=O)C(=O)c3cc(F)ccc32)c2ccc(F)cc21. The molecule has 10 heteroatoms. The molecule has 0 atom stereocenters.